The van der Waals surface area contributed by atoms with Gasteiger partial charge in [-0.2, -0.15) is 0 Å². The summed E-state index contributed by atoms with van der Waals surface area (Å²) in [5, 5.41) is 2.07. The van der Waals surface area contributed by atoms with Crippen LogP contribution in [0.5, 0.6) is 0 Å². The summed E-state index contributed by atoms with van der Waals surface area (Å²) in [6.07, 6.45) is 3.32. The number of aryl methyl sites for hydroxylation is 2. The molecule has 2 aromatic carbocycles. The molecule has 0 aliphatic rings. The highest BCUT2D eigenvalue weighted by molar-refractivity contribution is 14.1. The molecule has 4 rings (SSSR count). The average Bonchev–Trinajstić information content (AvgIpc) is 2.90. The molecular weight excluding hydrogens is 789 g/mol. The molecule has 0 fully saturated rings. The van der Waals surface area contributed by atoms with Crippen LogP contribution in [-0.2, 0) is 20.7 Å². The van der Waals surface area contributed by atoms with Crippen LogP contribution in [0.2, 0.25) is 0 Å². The number of alkyl halides is 1. The number of pyridine rings is 2. The van der Waals surface area contributed by atoms with E-state index >= 15 is 0 Å². The quantitative estimate of drug-likeness (QED) is 0.116. The van der Waals surface area contributed by atoms with Crippen molar-refractivity contribution in [2.24, 2.45) is 0 Å². The Morgan fingerprint density at radius 3 is 1.74 bits per heavy atom. The average molecular weight is 829 g/mol. The molecule has 2 heterocycles. The summed E-state index contributed by atoms with van der Waals surface area (Å²) >= 11 is 9.08. The number of esters is 1. The number of carbonyl (C=O) groups excluding carboxylic acids is 2. The van der Waals surface area contributed by atoms with Crippen LogP contribution in [-0.4, -0.2) is 45.2 Å². The Morgan fingerprint density at radius 2 is 1.26 bits per heavy atom. The van der Waals surface area contributed by atoms with E-state index in [0.29, 0.717) is 0 Å². The molecule has 0 radical (unpaired) electrons. The van der Waals surface area contributed by atoms with Crippen LogP contribution in [0.25, 0.3) is 21.8 Å². The molecule has 43 heavy (non-hydrogen) atoms. The lowest BCUT2D eigenvalue weighted by Gasteiger charge is -2.25. The molecule has 0 atom stereocenters. The van der Waals surface area contributed by atoms with E-state index in [1.54, 1.807) is 19.4 Å². The van der Waals surface area contributed by atoms with Crippen LogP contribution in [0.1, 0.15) is 58.2 Å². The lowest BCUT2D eigenvalue weighted by molar-refractivity contribution is -0.153. The Bertz CT molecular complexity index is 1600. The van der Waals surface area contributed by atoms with Crippen molar-refractivity contribution < 1.29 is 19.1 Å². The van der Waals surface area contributed by atoms with E-state index in [1.165, 1.54) is 4.90 Å². The molecule has 232 valence electrons. The maximum Gasteiger partial charge on any atom is 0.414 e. The van der Waals surface area contributed by atoms with Gasteiger partial charge in [0.25, 0.3) is 0 Å². The van der Waals surface area contributed by atoms with Gasteiger partial charge in [-0.3, -0.25) is 19.7 Å². The molecule has 2 aromatic heterocycles. The molecule has 0 aliphatic carbocycles. The highest BCUT2D eigenvalue weighted by atomic mass is 127. The van der Waals surface area contributed by atoms with Gasteiger partial charge >= 0.3 is 12.1 Å². The number of carbonyl (C=O) groups is 2. The Morgan fingerprint density at radius 1 is 0.791 bits per heavy atom. The minimum Gasteiger partial charge on any atom is -0.460 e. The number of aromatic nitrogens is 2. The Balaban J connectivity index is 0.000000284. The first kappa shape index (κ1) is 36.9. The molecule has 1 amide bonds. The van der Waals surface area contributed by atoms with Crippen molar-refractivity contribution in [1.82, 2.24) is 9.97 Å². The predicted octanol–water partition coefficient (Wildman–Crippen LogP) is 9.92. The van der Waals surface area contributed by atoms with E-state index in [2.05, 4.69) is 64.4 Å². The summed E-state index contributed by atoms with van der Waals surface area (Å²) in [5.74, 6) is -0.225. The Hall–Kier alpha value is -2.31. The summed E-state index contributed by atoms with van der Waals surface area (Å²) in [7, 11) is 1.70. The highest BCUT2D eigenvalue weighted by Gasteiger charge is 2.22. The minimum absolute atomic E-state index is 0.225. The van der Waals surface area contributed by atoms with Crippen molar-refractivity contribution in [3.05, 3.63) is 74.4 Å². The number of rotatable bonds is 3. The summed E-state index contributed by atoms with van der Waals surface area (Å²) in [6.45, 7) is 15.1. The number of hydrogen-bond acceptors (Lipinski definition) is 6. The second kappa shape index (κ2) is 15.6. The third kappa shape index (κ3) is 11.0. The van der Waals surface area contributed by atoms with Gasteiger partial charge in [-0.15, -0.1) is 0 Å². The molecule has 0 bridgehead atoms. The van der Waals surface area contributed by atoms with Gasteiger partial charge in [-0.05, 0) is 113 Å². The Kier molecular flexibility index (Phi) is 13.4. The van der Waals surface area contributed by atoms with E-state index in [0.717, 1.165) is 53.1 Å². The van der Waals surface area contributed by atoms with E-state index in [4.69, 9.17) is 9.47 Å². The summed E-state index contributed by atoms with van der Waals surface area (Å²) < 4.78 is 12.7. The van der Waals surface area contributed by atoms with Crippen LogP contribution >= 0.6 is 54.5 Å². The number of nitrogens with zero attached hydrogens (tertiary/aromatic N) is 3. The Labute approximate surface area is 285 Å². The van der Waals surface area contributed by atoms with Crippen molar-refractivity contribution in [2.45, 2.75) is 73.0 Å². The van der Waals surface area contributed by atoms with Gasteiger partial charge in [0.15, 0.2) is 0 Å². The van der Waals surface area contributed by atoms with Crippen molar-refractivity contribution in [3.63, 3.8) is 0 Å². The number of halogens is 3. The molecular formula is C33H40Br2IN3O4. The maximum atomic E-state index is 12.2. The van der Waals surface area contributed by atoms with Crippen molar-refractivity contribution >= 4 is 94.0 Å². The van der Waals surface area contributed by atoms with Crippen molar-refractivity contribution in [2.75, 3.05) is 16.9 Å². The fraction of sp³-hybridized carbons (Fsp3) is 0.394. The summed E-state index contributed by atoms with van der Waals surface area (Å²) in [5.41, 5.74) is 4.57. The molecule has 10 heteroatoms. The third-order valence-electron chi connectivity index (χ3n) is 6.06. The molecule has 0 saturated heterocycles. The number of benzene rings is 2. The highest BCUT2D eigenvalue weighted by Crippen LogP contribution is 2.29. The van der Waals surface area contributed by atoms with Gasteiger partial charge in [-0.25, -0.2) is 4.79 Å². The predicted molar refractivity (Wildman–Crippen MR) is 192 cm³/mol. The van der Waals surface area contributed by atoms with Crippen LogP contribution in [0, 0.1) is 13.8 Å². The van der Waals surface area contributed by atoms with Gasteiger partial charge in [0, 0.05) is 33.0 Å². The standard InChI is InChI=1S/C16H19BrN2O2.C16H18BrNO2.CH3I/c1-10-12-8-11(17)6-7-13(12)18-9-14(10)19(5)15(20)21-16(2,3)4;1-10-11(7-15(19)20-16(2,3)4)9-18-14-6-5-12(17)8-13(10)14;1-2/h6-9H,1-5H3;5-6,8-9H,7H2,1-4H3;1H3. The zero-order valence-corrected chi connectivity index (χ0v) is 31.8. The zero-order valence-electron chi connectivity index (χ0n) is 26.4. The minimum atomic E-state index is -0.521. The molecule has 0 N–H and O–H groups in total. The SMILES string of the molecule is CI.Cc1c(CC(=O)OC(C)(C)C)cnc2ccc(Br)cc12.Cc1c(N(C)C(=O)OC(C)(C)C)cnc2ccc(Br)cc12. The number of anilines is 1. The second-order valence-electron chi connectivity index (χ2n) is 11.8. The summed E-state index contributed by atoms with van der Waals surface area (Å²) in [6, 6.07) is 11.8. The van der Waals surface area contributed by atoms with Crippen molar-refractivity contribution in [3.8, 4) is 0 Å². The lowest BCUT2D eigenvalue weighted by atomic mass is 10.0. The second-order valence-corrected chi connectivity index (χ2v) is 13.6. The van der Waals surface area contributed by atoms with Crippen LogP contribution in [0.3, 0.4) is 0 Å². The zero-order chi connectivity index (χ0) is 32.7. The largest absolute Gasteiger partial charge is 0.460 e. The third-order valence-corrected chi connectivity index (χ3v) is 7.05. The monoisotopic (exact) mass is 827 g/mol. The lowest BCUT2D eigenvalue weighted by Crippen LogP contribution is -2.34. The van der Waals surface area contributed by atoms with Gasteiger partial charge in [-0.1, -0.05) is 54.5 Å². The van der Waals surface area contributed by atoms with Gasteiger partial charge in [0.2, 0.25) is 0 Å². The first-order chi connectivity index (χ1) is 19.9. The van der Waals surface area contributed by atoms with Gasteiger partial charge in [0.05, 0.1) is 29.3 Å². The van der Waals surface area contributed by atoms with Crippen LogP contribution < -0.4 is 4.90 Å². The maximum absolute atomic E-state index is 12.2. The summed E-state index contributed by atoms with van der Waals surface area (Å²) in [4.78, 5) is 36.4. The molecule has 0 spiro atoms. The first-order valence-electron chi connectivity index (χ1n) is 13.6. The molecule has 7 nitrogen and oxygen atoms in total. The number of ether oxygens (including phenoxy) is 2. The molecule has 0 unspecified atom stereocenters. The van der Waals surface area contributed by atoms with Crippen LogP contribution in [0.4, 0.5) is 10.5 Å². The van der Waals surface area contributed by atoms with E-state index < -0.39 is 11.2 Å². The molecule has 4 aromatic rings. The van der Waals surface area contributed by atoms with Gasteiger partial charge in [0.1, 0.15) is 11.2 Å². The van der Waals surface area contributed by atoms with Crippen LogP contribution in [0.15, 0.2) is 57.7 Å². The van der Waals surface area contributed by atoms with E-state index in [-0.39, 0.29) is 18.5 Å². The number of fused-ring (bicyclic) bond motifs is 2. The molecule has 0 saturated carbocycles. The smallest absolute Gasteiger partial charge is 0.414 e. The fourth-order valence-electron chi connectivity index (χ4n) is 4.10. The van der Waals surface area contributed by atoms with Gasteiger partial charge < -0.3 is 9.47 Å². The fourth-order valence-corrected chi connectivity index (χ4v) is 4.83. The van der Waals surface area contributed by atoms with E-state index in [9.17, 15) is 9.59 Å². The number of amides is 1. The van der Waals surface area contributed by atoms with E-state index in [1.807, 2.05) is 96.7 Å². The topological polar surface area (TPSA) is 81.6 Å². The van der Waals surface area contributed by atoms with Crippen molar-refractivity contribution in [1.29, 1.82) is 0 Å². The first-order valence-corrected chi connectivity index (χ1v) is 17.3. The molecule has 0 aliphatic heterocycles. The normalized spacial score (nSPS) is 11.2. The number of hydrogen-bond donors (Lipinski definition) is 0.